The van der Waals surface area contributed by atoms with Gasteiger partial charge in [0, 0.05) is 18.5 Å². The molecule has 0 fully saturated rings. The molecule has 2 N–H and O–H groups in total. The van der Waals surface area contributed by atoms with Crippen LogP contribution in [0.5, 0.6) is 0 Å². The van der Waals surface area contributed by atoms with E-state index in [0.717, 1.165) is 29.3 Å². The molecule has 186 valence electrons. The second-order valence-electron chi connectivity index (χ2n) is 7.29. The maximum atomic E-state index is 14.4. The van der Waals surface area contributed by atoms with Gasteiger partial charge in [-0.3, -0.25) is 19.1 Å². The summed E-state index contributed by atoms with van der Waals surface area (Å²) in [4.78, 5) is 32.1. The molecule has 1 amide bonds. The first-order valence-electron chi connectivity index (χ1n) is 9.86. The number of pyridine rings is 2. The first-order chi connectivity index (χ1) is 16.4. The van der Waals surface area contributed by atoms with Gasteiger partial charge in [0.1, 0.15) is 28.8 Å². The van der Waals surface area contributed by atoms with E-state index in [4.69, 9.17) is 11.6 Å². The van der Waals surface area contributed by atoms with Gasteiger partial charge in [0.2, 0.25) is 11.6 Å². The first kappa shape index (κ1) is 26.0. The highest BCUT2D eigenvalue weighted by Crippen LogP contribution is 2.25. The molecule has 3 aromatic heterocycles. The van der Waals surface area contributed by atoms with E-state index in [1.165, 1.54) is 30.5 Å². The molecule has 3 aromatic rings. The van der Waals surface area contributed by atoms with Gasteiger partial charge in [-0.15, -0.1) is 0 Å². The van der Waals surface area contributed by atoms with Crippen LogP contribution in [0.1, 0.15) is 11.4 Å². The summed E-state index contributed by atoms with van der Waals surface area (Å²) in [5, 5.41) is 16.3. The number of anilines is 1. The van der Waals surface area contributed by atoms with Crippen LogP contribution in [0.3, 0.4) is 0 Å². The van der Waals surface area contributed by atoms with Gasteiger partial charge in [-0.1, -0.05) is 17.7 Å². The largest absolute Gasteiger partial charge is 0.618 e. The number of hydrogen-bond donors (Lipinski definition) is 2. The fourth-order valence-corrected chi connectivity index (χ4v) is 4.09. The summed E-state index contributed by atoms with van der Waals surface area (Å²) in [6.07, 6.45) is 4.19. The zero-order chi connectivity index (χ0) is 25.8. The number of aromatic nitrogens is 4. The number of sulfone groups is 1. The molecule has 0 aliphatic rings. The van der Waals surface area contributed by atoms with E-state index in [1.807, 2.05) is 0 Å². The molecule has 15 heteroatoms. The molecular formula is C20H19ClF2N6O5S. The van der Waals surface area contributed by atoms with Gasteiger partial charge in [0.05, 0.1) is 12.7 Å². The van der Waals surface area contributed by atoms with Crippen molar-refractivity contribution in [3.8, 4) is 0 Å². The van der Waals surface area contributed by atoms with Gasteiger partial charge in [0.25, 0.3) is 5.56 Å². The fourth-order valence-electron chi connectivity index (χ4n) is 2.99. The van der Waals surface area contributed by atoms with Crippen LogP contribution in [0.4, 0.5) is 14.6 Å². The van der Waals surface area contributed by atoms with E-state index < -0.39 is 58.4 Å². The molecule has 3 rings (SSSR count). The second-order valence-corrected chi connectivity index (χ2v) is 9.66. The third-order valence-corrected chi connectivity index (χ3v) is 6.17. The number of nitrogens with zero attached hydrogens (tertiary/aromatic N) is 4. The molecule has 0 unspecified atom stereocenters. The molecule has 0 aliphatic carbocycles. The third-order valence-electron chi connectivity index (χ3n) is 4.70. The van der Waals surface area contributed by atoms with Crippen molar-refractivity contribution in [3.63, 3.8) is 0 Å². The summed E-state index contributed by atoms with van der Waals surface area (Å²) in [6, 6.07) is 6.47. The molecule has 11 nitrogen and oxygen atoms in total. The van der Waals surface area contributed by atoms with Crippen LogP contribution < -0.4 is 20.9 Å². The van der Waals surface area contributed by atoms with Crippen molar-refractivity contribution < 1.29 is 26.7 Å². The molecule has 35 heavy (non-hydrogen) atoms. The van der Waals surface area contributed by atoms with Crippen molar-refractivity contribution >= 4 is 33.2 Å². The Bertz CT molecular complexity index is 1400. The first-order valence-corrected chi connectivity index (χ1v) is 12.1. The molecular weight excluding hydrogens is 510 g/mol. The lowest BCUT2D eigenvalue weighted by Crippen LogP contribution is -2.39. The summed E-state index contributed by atoms with van der Waals surface area (Å²) in [5.41, 5.74) is -1.68. The Balaban J connectivity index is 1.73. The predicted octanol–water partition coefficient (Wildman–Crippen LogP) is 0.849. The molecule has 0 bridgehead atoms. The predicted molar refractivity (Wildman–Crippen MR) is 120 cm³/mol. The van der Waals surface area contributed by atoms with Crippen LogP contribution in [0.15, 0.2) is 58.6 Å². The number of rotatable bonds is 9. The summed E-state index contributed by atoms with van der Waals surface area (Å²) in [7, 11) is -3.75. The molecule has 0 aliphatic heterocycles. The quantitative estimate of drug-likeness (QED) is 0.306. The van der Waals surface area contributed by atoms with Crippen LogP contribution >= 0.6 is 11.6 Å². The Kier molecular flexibility index (Phi) is 7.65. The molecule has 3 heterocycles. The number of carbonyl (C=O) groups excluding carboxylic acids is 1. The maximum Gasteiger partial charge on any atom is 0.306 e. The summed E-state index contributed by atoms with van der Waals surface area (Å²) in [6.45, 7) is -2.10. The Labute approximate surface area is 202 Å². The highest BCUT2D eigenvalue weighted by molar-refractivity contribution is 7.90. The van der Waals surface area contributed by atoms with Crippen molar-refractivity contribution in [3.05, 3.63) is 81.0 Å². The molecule has 0 saturated carbocycles. The van der Waals surface area contributed by atoms with E-state index in [-0.39, 0.29) is 15.7 Å². The minimum absolute atomic E-state index is 0.226. The normalized spacial score (nSPS) is 11.8. The lowest BCUT2D eigenvalue weighted by Gasteiger charge is -2.17. The van der Waals surface area contributed by atoms with Crippen molar-refractivity contribution in [2.45, 2.75) is 23.9 Å². The van der Waals surface area contributed by atoms with E-state index in [2.05, 4.69) is 20.6 Å². The standard InChI is InChI=1S/C20H19ClF2N6O5S/c1-35(33,34)14-5-4-8-29(32)13(14)9-25-17(30)11-28-16(21)10-26-18(19(28)31)27-12-20(22,23)15-6-2-3-7-24-15/h2-8,10H,9,11-12H2,1H3,(H,25,30)(H,26,27). The fraction of sp³-hybridized carbons (Fsp3) is 0.250. The van der Waals surface area contributed by atoms with Gasteiger partial charge >= 0.3 is 5.92 Å². The topological polar surface area (TPSA) is 150 Å². The van der Waals surface area contributed by atoms with Crippen LogP contribution in [-0.2, 0) is 33.6 Å². The Morgan fingerprint density at radius 3 is 2.66 bits per heavy atom. The van der Waals surface area contributed by atoms with E-state index in [9.17, 15) is 32.0 Å². The maximum absolute atomic E-state index is 14.4. The van der Waals surface area contributed by atoms with Crippen molar-refractivity contribution in [2.24, 2.45) is 0 Å². The summed E-state index contributed by atoms with van der Waals surface area (Å²) < 4.78 is 53.6. The number of halogens is 3. The molecule has 0 spiro atoms. The Morgan fingerprint density at radius 1 is 1.26 bits per heavy atom. The highest BCUT2D eigenvalue weighted by atomic mass is 35.5. The number of nitrogens with one attached hydrogen (secondary N) is 2. The highest BCUT2D eigenvalue weighted by Gasteiger charge is 2.33. The van der Waals surface area contributed by atoms with E-state index in [1.54, 1.807) is 0 Å². The van der Waals surface area contributed by atoms with Crippen LogP contribution in [0, 0.1) is 5.21 Å². The van der Waals surface area contributed by atoms with Crippen molar-refractivity contribution in [1.29, 1.82) is 0 Å². The van der Waals surface area contributed by atoms with E-state index in [0.29, 0.717) is 4.73 Å². The zero-order valence-electron chi connectivity index (χ0n) is 18.1. The van der Waals surface area contributed by atoms with Gasteiger partial charge in [-0.2, -0.15) is 13.5 Å². The SMILES string of the molecule is CS(=O)(=O)c1ccc[n+]([O-])c1CNC(=O)Cn1c(Cl)cnc(NCC(F)(F)c2ccccn2)c1=O. The summed E-state index contributed by atoms with van der Waals surface area (Å²) >= 11 is 5.96. The average Bonchev–Trinajstić information content (AvgIpc) is 2.80. The zero-order valence-corrected chi connectivity index (χ0v) is 19.7. The van der Waals surface area contributed by atoms with E-state index >= 15 is 0 Å². The Hall–Kier alpha value is -3.65. The number of amides is 1. The molecule has 0 aromatic carbocycles. The van der Waals surface area contributed by atoms with Gasteiger partial charge in [-0.25, -0.2) is 13.4 Å². The lowest BCUT2D eigenvalue weighted by atomic mass is 10.2. The minimum Gasteiger partial charge on any atom is -0.618 e. The number of alkyl halides is 2. The molecule has 0 saturated heterocycles. The summed E-state index contributed by atoms with van der Waals surface area (Å²) in [5.74, 6) is -4.69. The van der Waals surface area contributed by atoms with Crippen LogP contribution in [0.25, 0.3) is 0 Å². The monoisotopic (exact) mass is 528 g/mol. The third kappa shape index (κ3) is 6.27. The van der Waals surface area contributed by atoms with Crippen LogP contribution in [-0.4, -0.2) is 41.7 Å². The Morgan fingerprint density at radius 2 is 2.00 bits per heavy atom. The van der Waals surface area contributed by atoms with Crippen LogP contribution in [0.2, 0.25) is 5.15 Å². The van der Waals surface area contributed by atoms with Gasteiger partial charge in [0.15, 0.2) is 21.9 Å². The van der Waals surface area contributed by atoms with Crippen molar-refractivity contribution in [1.82, 2.24) is 19.9 Å². The smallest absolute Gasteiger partial charge is 0.306 e. The lowest BCUT2D eigenvalue weighted by molar-refractivity contribution is -0.616. The van der Waals surface area contributed by atoms with Crippen molar-refractivity contribution in [2.75, 3.05) is 18.1 Å². The second kappa shape index (κ2) is 10.3. The average molecular weight is 529 g/mol. The van der Waals surface area contributed by atoms with Gasteiger partial charge < -0.3 is 15.8 Å². The molecule has 0 radical (unpaired) electrons. The molecule has 0 atom stereocenters. The number of hydrogen-bond acceptors (Lipinski definition) is 8. The number of carbonyl (C=O) groups is 1. The minimum atomic E-state index is -3.75. The van der Waals surface area contributed by atoms with Gasteiger partial charge in [-0.05, 0) is 18.2 Å².